The Balaban J connectivity index is 2.35. The van der Waals surface area contributed by atoms with E-state index in [9.17, 15) is 9.67 Å². The van der Waals surface area contributed by atoms with Gasteiger partial charge in [0.25, 0.3) is 0 Å². The maximum Gasteiger partial charge on any atom is 0.163 e. The van der Waals surface area contributed by atoms with Crippen LogP contribution in [0.2, 0.25) is 0 Å². The van der Waals surface area contributed by atoms with E-state index in [-0.39, 0.29) is 0 Å². The fourth-order valence-electron chi connectivity index (χ4n) is 2.35. The van der Waals surface area contributed by atoms with Gasteiger partial charge in [-0.25, -0.2) is 0 Å². The summed E-state index contributed by atoms with van der Waals surface area (Å²) in [6.07, 6.45) is 3.86. The van der Waals surface area contributed by atoms with Gasteiger partial charge in [0.15, 0.2) is 7.14 Å². The van der Waals surface area contributed by atoms with Gasteiger partial charge < -0.3 is 9.67 Å². The highest BCUT2D eigenvalue weighted by Gasteiger charge is 2.23. The monoisotopic (exact) mass is 314 g/mol. The summed E-state index contributed by atoms with van der Waals surface area (Å²) < 4.78 is 13.6. The molecule has 0 aliphatic rings. The highest BCUT2D eigenvalue weighted by molar-refractivity contribution is 7.81. The molecule has 0 radical (unpaired) electrons. The highest BCUT2D eigenvalue weighted by atomic mass is 31.2. The largest absolute Gasteiger partial charge is 0.389 e. The van der Waals surface area contributed by atoms with E-state index in [4.69, 9.17) is 0 Å². The van der Waals surface area contributed by atoms with Gasteiger partial charge in [-0.1, -0.05) is 86.5 Å². The van der Waals surface area contributed by atoms with Crippen LogP contribution in [0.1, 0.15) is 26.2 Å². The Morgan fingerprint density at radius 3 is 1.95 bits per heavy atom. The molecule has 0 bridgehead atoms. The number of rotatable bonds is 7. The van der Waals surface area contributed by atoms with Crippen LogP contribution in [0.15, 0.2) is 72.6 Å². The molecular weight excluding hydrogens is 291 g/mol. The second kappa shape index (κ2) is 8.12. The second-order valence-corrected chi connectivity index (χ2v) is 8.03. The highest BCUT2D eigenvalue weighted by Crippen LogP contribution is 2.45. The molecule has 0 aromatic heterocycles. The third kappa shape index (κ3) is 4.19. The van der Waals surface area contributed by atoms with Gasteiger partial charge in [-0.2, -0.15) is 0 Å². The molecule has 0 spiro atoms. The van der Waals surface area contributed by atoms with Crippen LogP contribution in [-0.2, 0) is 4.57 Å². The summed E-state index contributed by atoms with van der Waals surface area (Å²) in [6, 6.07) is 19.0. The zero-order valence-electron chi connectivity index (χ0n) is 12.9. The molecule has 0 amide bonds. The lowest BCUT2D eigenvalue weighted by atomic mass is 10.2. The number of aliphatic hydroxyl groups excluding tert-OH is 1. The van der Waals surface area contributed by atoms with Gasteiger partial charge >= 0.3 is 0 Å². The summed E-state index contributed by atoms with van der Waals surface area (Å²) in [5.41, 5.74) is 0. The molecule has 2 rings (SSSR count). The van der Waals surface area contributed by atoms with E-state index >= 15 is 0 Å². The first-order valence-corrected chi connectivity index (χ1v) is 9.53. The van der Waals surface area contributed by atoms with Gasteiger partial charge in [-0.3, -0.25) is 0 Å². The predicted molar refractivity (Wildman–Crippen MR) is 94.4 cm³/mol. The van der Waals surface area contributed by atoms with Crippen molar-refractivity contribution in [2.75, 3.05) is 0 Å². The smallest absolute Gasteiger partial charge is 0.163 e. The number of aliphatic hydroxyl groups is 1. The van der Waals surface area contributed by atoms with Crippen molar-refractivity contribution in [3.05, 3.63) is 72.6 Å². The van der Waals surface area contributed by atoms with E-state index in [1.54, 1.807) is 11.9 Å². The van der Waals surface area contributed by atoms with Crippen molar-refractivity contribution >= 4 is 17.8 Å². The lowest BCUT2D eigenvalue weighted by Crippen LogP contribution is -2.14. The Kier molecular flexibility index (Phi) is 6.18. The van der Waals surface area contributed by atoms with Crippen molar-refractivity contribution in [1.82, 2.24) is 0 Å². The Morgan fingerprint density at radius 1 is 1.00 bits per heavy atom. The molecule has 1 N–H and O–H groups in total. The Bertz CT molecular complexity index is 591. The van der Waals surface area contributed by atoms with Crippen LogP contribution >= 0.6 is 7.14 Å². The minimum atomic E-state index is -2.85. The average molecular weight is 314 g/mol. The minimum Gasteiger partial charge on any atom is -0.389 e. The summed E-state index contributed by atoms with van der Waals surface area (Å²) in [6.45, 7) is 2.09. The second-order valence-electron chi connectivity index (χ2n) is 5.38. The first-order valence-electron chi connectivity index (χ1n) is 7.75. The van der Waals surface area contributed by atoms with Crippen molar-refractivity contribution in [3.63, 3.8) is 0 Å². The van der Waals surface area contributed by atoms with Crippen molar-refractivity contribution in [1.29, 1.82) is 0 Å². The van der Waals surface area contributed by atoms with Crippen molar-refractivity contribution in [2.24, 2.45) is 0 Å². The fourth-order valence-corrected chi connectivity index (χ4v) is 4.66. The maximum absolute atomic E-state index is 13.6. The Hall–Kier alpha value is -1.63. The van der Waals surface area contributed by atoms with Gasteiger partial charge in [0, 0.05) is 10.6 Å². The van der Waals surface area contributed by atoms with E-state index in [0.29, 0.717) is 6.42 Å². The molecule has 22 heavy (non-hydrogen) atoms. The normalized spacial score (nSPS) is 13.4. The molecule has 0 saturated carbocycles. The zero-order valence-corrected chi connectivity index (χ0v) is 13.8. The van der Waals surface area contributed by atoms with Gasteiger partial charge in [-0.15, -0.1) is 0 Å². The number of hydrogen-bond acceptors (Lipinski definition) is 2. The molecule has 0 fully saturated rings. The molecule has 0 saturated heterocycles. The average Bonchev–Trinajstić information content (AvgIpc) is 2.59. The summed E-state index contributed by atoms with van der Waals surface area (Å²) >= 11 is 0. The molecule has 0 unspecified atom stereocenters. The van der Waals surface area contributed by atoms with E-state index in [1.165, 1.54) is 0 Å². The molecule has 0 aliphatic heterocycles. The first kappa shape index (κ1) is 16.7. The van der Waals surface area contributed by atoms with Crippen LogP contribution < -0.4 is 10.6 Å². The van der Waals surface area contributed by atoms with E-state index in [0.717, 1.165) is 23.5 Å². The van der Waals surface area contributed by atoms with Gasteiger partial charge in [0.05, 0.1) is 6.10 Å². The number of benzene rings is 2. The lowest BCUT2D eigenvalue weighted by molar-refractivity contribution is 0.209. The quantitative estimate of drug-likeness (QED) is 0.782. The molecule has 116 valence electrons. The maximum atomic E-state index is 13.6. The summed E-state index contributed by atoms with van der Waals surface area (Å²) in [5, 5.41) is 11.6. The summed E-state index contributed by atoms with van der Waals surface area (Å²) in [7, 11) is -2.85. The van der Waals surface area contributed by atoms with Gasteiger partial charge in [0.2, 0.25) is 0 Å². The molecule has 2 aromatic carbocycles. The fraction of sp³-hybridized carbons (Fsp3) is 0.263. The summed E-state index contributed by atoms with van der Waals surface area (Å²) in [4.78, 5) is 0. The number of hydrogen-bond donors (Lipinski definition) is 1. The minimum absolute atomic E-state index is 0.541. The number of unbranched alkanes of at least 4 members (excludes halogenated alkanes) is 1. The molecule has 0 aliphatic carbocycles. The third-order valence-electron chi connectivity index (χ3n) is 3.65. The topological polar surface area (TPSA) is 37.3 Å². The van der Waals surface area contributed by atoms with E-state index in [1.807, 2.05) is 60.7 Å². The molecule has 2 aromatic rings. The molecule has 3 heteroatoms. The van der Waals surface area contributed by atoms with Crippen molar-refractivity contribution < 1.29 is 9.67 Å². The van der Waals surface area contributed by atoms with Crippen molar-refractivity contribution in [2.45, 2.75) is 32.3 Å². The predicted octanol–water partition coefficient (Wildman–Crippen LogP) is 4.07. The van der Waals surface area contributed by atoms with Crippen LogP contribution in [0, 0.1) is 0 Å². The van der Waals surface area contributed by atoms with Crippen LogP contribution in [-0.4, -0.2) is 11.2 Å². The molecule has 2 nitrogen and oxygen atoms in total. The lowest BCUT2D eigenvalue weighted by Gasteiger charge is -2.16. The van der Waals surface area contributed by atoms with Gasteiger partial charge in [0.1, 0.15) is 0 Å². The molecule has 1 atom stereocenters. The summed E-state index contributed by atoms with van der Waals surface area (Å²) in [5.74, 6) is 1.71. The zero-order chi connectivity index (χ0) is 15.8. The molecular formula is C19H23O2P. The van der Waals surface area contributed by atoms with E-state index < -0.39 is 13.2 Å². The Labute approximate surface area is 132 Å². The van der Waals surface area contributed by atoms with Crippen LogP contribution in [0.4, 0.5) is 0 Å². The molecule has 0 heterocycles. The van der Waals surface area contributed by atoms with Crippen LogP contribution in [0.3, 0.4) is 0 Å². The van der Waals surface area contributed by atoms with Crippen molar-refractivity contribution in [3.8, 4) is 0 Å². The van der Waals surface area contributed by atoms with Crippen LogP contribution in [0.5, 0.6) is 0 Å². The standard InChI is InChI=1S/C19H23O2P/c1-2-3-10-17(20)15-16-22(21,18-11-6-4-7-12-18)19-13-8-5-9-14-19/h4-9,11-17,20H,2-3,10H2,1H3/b16-15+/t17-/m1/s1. The van der Waals surface area contributed by atoms with E-state index in [2.05, 4.69) is 6.92 Å². The van der Waals surface area contributed by atoms with Crippen LogP contribution in [0.25, 0.3) is 0 Å². The first-order chi connectivity index (χ1) is 10.7. The Morgan fingerprint density at radius 2 is 1.50 bits per heavy atom. The SMILES string of the molecule is CCCC[C@@H](O)/C=C/P(=O)(c1ccccc1)c1ccccc1. The van der Waals surface area contributed by atoms with Gasteiger partial charge in [-0.05, 0) is 12.2 Å². The third-order valence-corrected chi connectivity index (χ3v) is 6.37.